The van der Waals surface area contributed by atoms with E-state index < -0.39 is 35.3 Å². The first kappa shape index (κ1) is 19.5. The molecule has 0 unspecified atom stereocenters. The Kier molecular flexibility index (Phi) is 5.05. The Hall–Kier alpha value is -1.24. The van der Waals surface area contributed by atoms with Gasteiger partial charge in [-0.3, -0.25) is 4.79 Å². The van der Waals surface area contributed by atoms with Gasteiger partial charge >= 0.3 is 5.97 Å². The van der Waals surface area contributed by atoms with E-state index in [1.807, 2.05) is 13.0 Å². The van der Waals surface area contributed by atoms with E-state index in [4.69, 9.17) is 9.47 Å². The standard InChI is InChI=1S/C20H30O6/c1-11-6-5-7-12(2)14-8-9-19(3,26-14)17(22)16-15(13(21)10-11)20(4,24)18(23)25-16/h6,12,14-17,22,24H,5,7-10H2,1-4H3/b11-6-/t12-,14-,15+,16+,17+,19+,20+/m1/s1. The summed E-state index contributed by atoms with van der Waals surface area (Å²) in [5.41, 5.74) is -1.94. The molecule has 0 aromatic heterocycles. The number of aliphatic hydroxyl groups excluding tert-OH is 1. The average Bonchev–Trinajstić information content (AvgIpc) is 3.05. The Balaban J connectivity index is 1.99. The van der Waals surface area contributed by atoms with E-state index in [0.717, 1.165) is 24.8 Å². The largest absolute Gasteiger partial charge is 0.456 e. The highest BCUT2D eigenvalue weighted by Crippen LogP contribution is 2.44. The predicted octanol–water partition coefficient (Wildman–Crippen LogP) is 1.91. The fraction of sp³-hybridized carbons (Fsp3) is 0.800. The molecule has 2 saturated heterocycles. The molecule has 146 valence electrons. The van der Waals surface area contributed by atoms with E-state index in [1.165, 1.54) is 6.92 Å². The van der Waals surface area contributed by atoms with Crippen molar-refractivity contribution in [1.29, 1.82) is 0 Å². The Bertz CT molecular complexity index is 624. The van der Waals surface area contributed by atoms with Gasteiger partial charge in [-0.05, 0) is 52.4 Å². The summed E-state index contributed by atoms with van der Waals surface area (Å²) in [4.78, 5) is 25.1. The minimum Gasteiger partial charge on any atom is -0.456 e. The van der Waals surface area contributed by atoms with Crippen molar-refractivity contribution in [1.82, 2.24) is 0 Å². The molecular formula is C20H30O6. The molecule has 0 aromatic rings. The molecule has 3 heterocycles. The topological polar surface area (TPSA) is 93.1 Å². The fourth-order valence-corrected chi connectivity index (χ4v) is 4.59. The summed E-state index contributed by atoms with van der Waals surface area (Å²) in [6.07, 6.45) is 3.16. The van der Waals surface area contributed by atoms with E-state index in [1.54, 1.807) is 6.92 Å². The highest BCUT2D eigenvalue weighted by Gasteiger charge is 2.62. The van der Waals surface area contributed by atoms with Gasteiger partial charge in [-0.15, -0.1) is 0 Å². The van der Waals surface area contributed by atoms with Crippen LogP contribution in [0, 0.1) is 11.8 Å². The highest BCUT2D eigenvalue weighted by atomic mass is 16.6. The number of Topliss-reactive ketones (excluding diaryl/α,β-unsaturated/α-hetero) is 1. The smallest absolute Gasteiger partial charge is 0.339 e. The summed E-state index contributed by atoms with van der Waals surface area (Å²) < 4.78 is 11.5. The lowest BCUT2D eigenvalue weighted by Gasteiger charge is -2.36. The summed E-state index contributed by atoms with van der Waals surface area (Å²) in [6.45, 7) is 7.12. The van der Waals surface area contributed by atoms with Gasteiger partial charge in [-0.25, -0.2) is 4.79 Å². The van der Waals surface area contributed by atoms with Crippen molar-refractivity contribution in [3.05, 3.63) is 11.6 Å². The molecular weight excluding hydrogens is 336 g/mol. The van der Waals surface area contributed by atoms with Gasteiger partial charge in [-0.2, -0.15) is 0 Å². The average molecular weight is 366 g/mol. The molecule has 0 aliphatic carbocycles. The maximum absolute atomic E-state index is 12.9. The summed E-state index contributed by atoms with van der Waals surface area (Å²) >= 11 is 0. The third-order valence-electron chi connectivity index (χ3n) is 6.42. The van der Waals surface area contributed by atoms with Gasteiger partial charge in [-0.1, -0.05) is 18.6 Å². The van der Waals surface area contributed by atoms with Crippen molar-refractivity contribution < 1.29 is 29.3 Å². The second-order valence-electron chi connectivity index (χ2n) is 8.70. The molecule has 6 nitrogen and oxygen atoms in total. The van der Waals surface area contributed by atoms with E-state index >= 15 is 0 Å². The number of hydrogen-bond acceptors (Lipinski definition) is 6. The number of aliphatic hydroxyl groups is 2. The molecule has 2 bridgehead atoms. The SMILES string of the molecule is C/C1=C/CC[C@@H](C)[C@H]2CC[C@](C)(O2)[C@@H](O)[C@H]2OC(=O)[C@@](C)(O)[C@H]2C(=O)C1. The molecule has 0 saturated carbocycles. The number of carbonyl (C=O) groups is 2. The van der Waals surface area contributed by atoms with Crippen molar-refractivity contribution in [3.8, 4) is 0 Å². The Morgan fingerprint density at radius 1 is 1.23 bits per heavy atom. The van der Waals surface area contributed by atoms with E-state index in [2.05, 4.69) is 6.92 Å². The Morgan fingerprint density at radius 2 is 1.92 bits per heavy atom. The lowest BCUT2D eigenvalue weighted by Crippen LogP contribution is -2.53. The molecule has 2 N–H and O–H groups in total. The summed E-state index contributed by atoms with van der Waals surface area (Å²) in [6, 6.07) is 0. The van der Waals surface area contributed by atoms with Gasteiger partial charge in [0.2, 0.25) is 0 Å². The quantitative estimate of drug-likeness (QED) is 0.502. The molecule has 0 amide bonds. The molecule has 6 heteroatoms. The summed E-state index contributed by atoms with van der Waals surface area (Å²) in [5, 5.41) is 21.6. The molecule has 3 aliphatic heterocycles. The first-order valence-corrected chi connectivity index (χ1v) is 9.54. The lowest BCUT2D eigenvalue weighted by atomic mass is 9.76. The predicted molar refractivity (Wildman–Crippen MR) is 94.3 cm³/mol. The lowest BCUT2D eigenvalue weighted by molar-refractivity contribution is -0.171. The zero-order valence-corrected chi connectivity index (χ0v) is 16.0. The third-order valence-corrected chi connectivity index (χ3v) is 6.42. The number of ketones is 1. The number of carbonyl (C=O) groups excluding carboxylic acids is 2. The zero-order chi connectivity index (χ0) is 19.3. The van der Waals surface area contributed by atoms with Crippen molar-refractivity contribution >= 4 is 11.8 Å². The molecule has 0 spiro atoms. The second-order valence-corrected chi connectivity index (χ2v) is 8.70. The van der Waals surface area contributed by atoms with Gasteiger partial charge < -0.3 is 19.7 Å². The second kappa shape index (κ2) is 6.73. The molecule has 0 radical (unpaired) electrons. The monoisotopic (exact) mass is 366 g/mol. The molecule has 2 fully saturated rings. The van der Waals surface area contributed by atoms with E-state index in [-0.39, 0.29) is 18.3 Å². The minimum atomic E-state index is -1.94. The first-order chi connectivity index (χ1) is 12.1. The number of rotatable bonds is 0. The van der Waals surface area contributed by atoms with E-state index in [9.17, 15) is 19.8 Å². The summed E-state index contributed by atoms with van der Waals surface area (Å²) in [5.74, 6) is -1.93. The van der Waals surface area contributed by atoms with Crippen molar-refractivity contribution in [2.24, 2.45) is 11.8 Å². The summed E-state index contributed by atoms with van der Waals surface area (Å²) in [7, 11) is 0. The van der Waals surface area contributed by atoms with Crippen LogP contribution in [0.25, 0.3) is 0 Å². The van der Waals surface area contributed by atoms with Crippen molar-refractivity contribution in [2.75, 3.05) is 0 Å². The fourth-order valence-electron chi connectivity index (χ4n) is 4.59. The van der Waals surface area contributed by atoms with Crippen LogP contribution in [0.1, 0.15) is 59.8 Å². The molecule has 7 atom stereocenters. The van der Waals surface area contributed by atoms with Crippen LogP contribution >= 0.6 is 0 Å². The number of esters is 1. The van der Waals surface area contributed by atoms with Crippen LogP contribution in [0.4, 0.5) is 0 Å². The first-order valence-electron chi connectivity index (χ1n) is 9.54. The Morgan fingerprint density at radius 3 is 2.62 bits per heavy atom. The van der Waals surface area contributed by atoms with Gasteiger partial charge in [0.25, 0.3) is 0 Å². The maximum atomic E-state index is 12.9. The van der Waals surface area contributed by atoms with Crippen LogP contribution in [0.5, 0.6) is 0 Å². The van der Waals surface area contributed by atoms with Crippen LogP contribution < -0.4 is 0 Å². The van der Waals surface area contributed by atoms with Crippen LogP contribution in [0.15, 0.2) is 11.6 Å². The third kappa shape index (κ3) is 3.23. The van der Waals surface area contributed by atoms with E-state index in [0.29, 0.717) is 12.3 Å². The number of ether oxygens (including phenoxy) is 2. The van der Waals surface area contributed by atoms with Gasteiger partial charge in [0.15, 0.2) is 5.60 Å². The Labute approximate surface area is 154 Å². The van der Waals surface area contributed by atoms with Crippen LogP contribution in [-0.2, 0) is 19.1 Å². The number of fused-ring (bicyclic) bond motifs is 3. The normalized spacial score (nSPS) is 49.3. The highest BCUT2D eigenvalue weighted by molar-refractivity contribution is 5.94. The van der Waals surface area contributed by atoms with Crippen LogP contribution in [0.3, 0.4) is 0 Å². The molecule has 3 rings (SSSR count). The number of hydrogen-bond donors (Lipinski definition) is 2. The minimum absolute atomic E-state index is 0.0240. The van der Waals surface area contributed by atoms with Gasteiger partial charge in [0, 0.05) is 6.42 Å². The van der Waals surface area contributed by atoms with Crippen LogP contribution in [-0.4, -0.2) is 51.5 Å². The van der Waals surface area contributed by atoms with Crippen molar-refractivity contribution in [2.45, 2.75) is 89.3 Å². The van der Waals surface area contributed by atoms with Gasteiger partial charge in [0.1, 0.15) is 18.0 Å². The molecule has 26 heavy (non-hydrogen) atoms. The van der Waals surface area contributed by atoms with Gasteiger partial charge in [0.05, 0.1) is 17.6 Å². The van der Waals surface area contributed by atoms with Crippen LogP contribution in [0.2, 0.25) is 0 Å². The zero-order valence-electron chi connectivity index (χ0n) is 16.0. The number of allylic oxidation sites excluding steroid dienone is 2. The maximum Gasteiger partial charge on any atom is 0.339 e. The van der Waals surface area contributed by atoms with Crippen molar-refractivity contribution in [3.63, 3.8) is 0 Å². The molecule has 3 aliphatic rings. The molecule has 0 aromatic carbocycles.